The van der Waals surface area contributed by atoms with Crippen LogP contribution in [-0.4, -0.2) is 54.4 Å². The van der Waals surface area contributed by atoms with Crippen molar-refractivity contribution in [3.8, 4) is 5.75 Å². The molecule has 0 unspecified atom stereocenters. The van der Waals surface area contributed by atoms with Crippen molar-refractivity contribution in [1.82, 2.24) is 9.80 Å². The normalized spacial score (nSPS) is 15.0. The van der Waals surface area contributed by atoms with Crippen LogP contribution < -0.4 is 4.74 Å². The first kappa shape index (κ1) is 15.6. The van der Waals surface area contributed by atoms with E-state index in [-0.39, 0.29) is 18.4 Å². The highest BCUT2D eigenvalue weighted by Gasteiger charge is 2.22. The number of ether oxygens (including phenoxy) is 1. The van der Waals surface area contributed by atoms with Crippen molar-refractivity contribution >= 4 is 23.4 Å². The molecule has 0 bridgehead atoms. The van der Waals surface area contributed by atoms with Crippen LogP contribution in [0.3, 0.4) is 0 Å². The molecule has 0 aliphatic carbocycles. The van der Waals surface area contributed by atoms with E-state index in [9.17, 15) is 9.59 Å². The van der Waals surface area contributed by atoms with Crippen molar-refractivity contribution in [3.63, 3.8) is 0 Å². The number of amides is 2. The number of hydrogen-bond donors (Lipinski definition) is 0. The predicted octanol–water partition coefficient (Wildman–Crippen LogP) is 1.72. The van der Waals surface area contributed by atoms with Crippen LogP contribution in [0.25, 0.3) is 0 Å². The molecule has 21 heavy (non-hydrogen) atoms. The molecule has 1 heterocycles. The molecule has 0 spiro atoms. The molecule has 0 aromatic heterocycles. The van der Waals surface area contributed by atoms with Crippen molar-refractivity contribution < 1.29 is 14.3 Å². The largest absolute Gasteiger partial charge is 0.484 e. The van der Waals surface area contributed by atoms with E-state index in [1.54, 1.807) is 28.9 Å². The molecule has 2 rings (SSSR count). The molecule has 0 N–H and O–H groups in total. The maximum atomic E-state index is 12.1. The number of aryl methyl sites for hydroxylation is 1. The van der Waals surface area contributed by atoms with E-state index < -0.39 is 0 Å². The molecule has 6 heteroatoms. The maximum Gasteiger partial charge on any atom is 0.260 e. The van der Waals surface area contributed by atoms with E-state index in [1.165, 1.54) is 0 Å². The second-order valence-corrected chi connectivity index (χ2v) is 5.49. The molecular weight excluding hydrogens is 292 g/mol. The average molecular weight is 311 g/mol. The summed E-state index contributed by atoms with van der Waals surface area (Å²) in [5.41, 5.74) is 0.914. The van der Waals surface area contributed by atoms with Gasteiger partial charge in [0.1, 0.15) is 5.75 Å². The van der Waals surface area contributed by atoms with Gasteiger partial charge in [-0.3, -0.25) is 9.59 Å². The Kier molecular flexibility index (Phi) is 5.07. The highest BCUT2D eigenvalue weighted by molar-refractivity contribution is 6.31. The molecule has 0 atom stereocenters. The highest BCUT2D eigenvalue weighted by Crippen LogP contribution is 2.21. The van der Waals surface area contributed by atoms with Gasteiger partial charge in [0, 0.05) is 38.1 Å². The molecule has 1 aliphatic rings. The Balaban J connectivity index is 1.82. The van der Waals surface area contributed by atoms with Crippen molar-refractivity contribution in [1.29, 1.82) is 0 Å². The van der Waals surface area contributed by atoms with Gasteiger partial charge in [0.25, 0.3) is 5.91 Å². The van der Waals surface area contributed by atoms with E-state index in [0.29, 0.717) is 37.0 Å². The third-order valence-corrected chi connectivity index (χ3v) is 3.99. The standard InChI is InChI=1S/C15H19ClN2O3/c1-11-9-13(3-4-14(11)16)21-10-15(20)18-7-5-17(6-8-18)12(2)19/h3-4,9H,5-8,10H2,1-2H3. The Hall–Kier alpha value is -1.75. The van der Waals surface area contributed by atoms with Gasteiger partial charge in [-0.1, -0.05) is 11.6 Å². The molecule has 1 fully saturated rings. The van der Waals surface area contributed by atoms with Gasteiger partial charge in [0.15, 0.2) is 6.61 Å². The van der Waals surface area contributed by atoms with E-state index in [2.05, 4.69) is 0 Å². The maximum absolute atomic E-state index is 12.1. The number of nitrogens with zero attached hydrogens (tertiary/aromatic N) is 2. The average Bonchev–Trinajstić information content (AvgIpc) is 2.48. The Bertz CT molecular complexity index is 540. The summed E-state index contributed by atoms with van der Waals surface area (Å²) in [7, 11) is 0. The van der Waals surface area contributed by atoms with Crippen molar-refractivity contribution in [2.75, 3.05) is 32.8 Å². The number of benzene rings is 1. The second kappa shape index (κ2) is 6.80. The highest BCUT2D eigenvalue weighted by atomic mass is 35.5. The number of carbonyl (C=O) groups is 2. The topological polar surface area (TPSA) is 49.9 Å². The van der Waals surface area contributed by atoms with Gasteiger partial charge >= 0.3 is 0 Å². The Labute approximate surface area is 129 Å². The summed E-state index contributed by atoms with van der Waals surface area (Å²) in [6.07, 6.45) is 0. The van der Waals surface area contributed by atoms with Gasteiger partial charge < -0.3 is 14.5 Å². The lowest BCUT2D eigenvalue weighted by Gasteiger charge is -2.34. The van der Waals surface area contributed by atoms with Gasteiger partial charge in [-0.2, -0.15) is 0 Å². The summed E-state index contributed by atoms with van der Waals surface area (Å²) >= 11 is 5.94. The molecule has 0 radical (unpaired) electrons. The lowest BCUT2D eigenvalue weighted by atomic mass is 10.2. The molecule has 1 aromatic carbocycles. The first-order chi connectivity index (χ1) is 9.97. The summed E-state index contributed by atoms with van der Waals surface area (Å²) in [5, 5.41) is 0.675. The number of piperazine rings is 1. The van der Waals surface area contributed by atoms with Crippen molar-refractivity contribution in [3.05, 3.63) is 28.8 Å². The molecule has 5 nitrogen and oxygen atoms in total. The van der Waals surface area contributed by atoms with Crippen LogP contribution >= 0.6 is 11.6 Å². The van der Waals surface area contributed by atoms with E-state index in [1.807, 2.05) is 13.0 Å². The Morgan fingerprint density at radius 3 is 2.38 bits per heavy atom. The van der Waals surface area contributed by atoms with E-state index in [0.717, 1.165) is 5.56 Å². The third kappa shape index (κ3) is 4.11. The van der Waals surface area contributed by atoms with E-state index in [4.69, 9.17) is 16.3 Å². The van der Waals surface area contributed by atoms with Crippen molar-refractivity contribution in [2.45, 2.75) is 13.8 Å². The van der Waals surface area contributed by atoms with Crippen molar-refractivity contribution in [2.24, 2.45) is 0 Å². The molecule has 1 aromatic rings. The van der Waals surface area contributed by atoms with Crippen LogP contribution in [0.15, 0.2) is 18.2 Å². The smallest absolute Gasteiger partial charge is 0.260 e. The summed E-state index contributed by atoms with van der Waals surface area (Å²) in [6.45, 7) is 5.72. The Morgan fingerprint density at radius 2 is 1.81 bits per heavy atom. The number of halogens is 1. The summed E-state index contributed by atoms with van der Waals surface area (Å²) in [4.78, 5) is 26.8. The quantitative estimate of drug-likeness (QED) is 0.854. The zero-order valence-corrected chi connectivity index (χ0v) is 13.0. The van der Waals surface area contributed by atoms with Crippen LogP contribution in [-0.2, 0) is 9.59 Å². The third-order valence-electron chi connectivity index (χ3n) is 3.57. The summed E-state index contributed by atoms with van der Waals surface area (Å²) < 4.78 is 5.50. The fraction of sp³-hybridized carbons (Fsp3) is 0.467. The SMILES string of the molecule is CC(=O)N1CCN(C(=O)COc2ccc(Cl)c(C)c2)CC1. The molecule has 0 saturated carbocycles. The molecular formula is C15H19ClN2O3. The molecule has 114 valence electrons. The van der Waals surface area contributed by atoms with Gasteiger partial charge in [-0.25, -0.2) is 0 Å². The van der Waals surface area contributed by atoms with Crippen LogP contribution in [0, 0.1) is 6.92 Å². The van der Waals surface area contributed by atoms with E-state index >= 15 is 0 Å². The van der Waals surface area contributed by atoms with Gasteiger partial charge in [-0.15, -0.1) is 0 Å². The van der Waals surface area contributed by atoms with Crippen LogP contribution in [0.4, 0.5) is 0 Å². The fourth-order valence-electron chi connectivity index (χ4n) is 2.21. The summed E-state index contributed by atoms with van der Waals surface area (Å²) in [6, 6.07) is 5.31. The second-order valence-electron chi connectivity index (χ2n) is 5.09. The molecule has 1 saturated heterocycles. The monoisotopic (exact) mass is 310 g/mol. The van der Waals surface area contributed by atoms with Crippen LogP contribution in [0.5, 0.6) is 5.75 Å². The van der Waals surface area contributed by atoms with Gasteiger partial charge in [0.05, 0.1) is 0 Å². The summed E-state index contributed by atoms with van der Waals surface area (Å²) in [5.74, 6) is 0.619. The Morgan fingerprint density at radius 1 is 1.19 bits per heavy atom. The minimum atomic E-state index is -0.0641. The predicted molar refractivity (Wildman–Crippen MR) is 80.5 cm³/mol. The van der Waals surface area contributed by atoms with Crippen LogP contribution in [0.2, 0.25) is 5.02 Å². The van der Waals surface area contributed by atoms with Gasteiger partial charge in [0.2, 0.25) is 5.91 Å². The van der Waals surface area contributed by atoms with Crippen LogP contribution in [0.1, 0.15) is 12.5 Å². The fourth-order valence-corrected chi connectivity index (χ4v) is 2.33. The molecule has 1 aliphatic heterocycles. The first-order valence-corrected chi connectivity index (χ1v) is 7.27. The lowest BCUT2D eigenvalue weighted by Crippen LogP contribution is -2.51. The minimum Gasteiger partial charge on any atom is -0.484 e. The number of rotatable bonds is 3. The first-order valence-electron chi connectivity index (χ1n) is 6.89. The van der Waals surface area contributed by atoms with Gasteiger partial charge in [-0.05, 0) is 30.7 Å². The lowest BCUT2D eigenvalue weighted by molar-refractivity contribution is -0.139. The zero-order valence-electron chi connectivity index (χ0n) is 12.3. The number of carbonyl (C=O) groups excluding carboxylic acids is 2. The molecule has 2 amide bonds. The minimum absolute atomic E-state index is 0.00113. The zero-order chi connectivity index (χ0) is 15.4. The number of hydrogen-bond acceptors (Lipinski definition) is 3.